The van der Waals surface area contributed by atoms with E-state index in [2.05, 4.69) is 24.1 Å². The highest BCUT2D eigenvalue weighted by molar-refractivity contribution is 5.96. The normalized spacial score (nSPS) is 19.1. The molecular formula is C22H24F3N3O3. The van der Waals surface area contributed by atoms with Crippen LogP contribution < -0.4 is 5.32 Å². The molecule has 6 nitrogen and oxygen atoms in total. The van der Waals surface area contributed by atoms with Crippen LogP contribution in [-0.2, 0) is 15.7 Å². The number of rotatable bonds is 5. The minimum atomic E-state index is -4.49. The number of carbonyl (C=O) groups is 2. The lowest BCUT2D eigenvalue weighted by Gasteiger charge is -2.34. The van der Waals surface area contributed by atoms with Crippen molar-refractivity contribution in [2.75, 3.05) is 25.0 Å². The number of carbonyl (C=O) groups excluding carboxylic acids is 2. The standard InChI is InChI=1S/C22H24F3N3O3/c1-14-9-15(2)12-28(11-14)19(29)13-31-21(30)18-7-4-8-26-20(18)27-17-6-3-5-16(10-17)22(23,24)25/h3-8,10,14-15H,9,11-13H2,1-2H3,(H,26,27). The number of alkyl halides is 3. The van der Waals surface area contributed by atoms with Crippen molar-refractivity contribution in [2.45, 2.75) is 26.4 Å². The van der Waals surface area contributed by atoms with Gasteiger partial charge in [0.25, 0.3) is 5.91 Å². The summed E-state index contributed by atoms with van der Waals surface area (Å²) < 4.78 is 44.0. The zero-order chi connectivity index (χ0) is 22.6. The maximum absolute atomic E-state index is 12.9. The summed E-state index contributed by atoms with van der Waals surface area (Å²) >= 11 is 0. The predicted molar refractivity (Wildman–Crippen MR) is 109 cm³/mol. The van der Waals surface area contributed by atoms with E-state index >= 15 is 0 Å². The smallest absolute Gasteiger partial charge is 0.416 e. The molecule has 166 valence electrons. The molecular weight excluding hydrogens is 411 g/mol. The first-order valence-corrected chi connectivity index (χ1v) is 9.97. The van der Waals surface area contributed by atoms with E-state index in [4.69, 9.17) is 4.74 Å². The molecule has 0 aliphatic carbocycles. The van der Waals surface area contributed by atoms with Crippen LogP contribution in [0.25, 0.3) is 0 Å². The Kier molecular flexibility index (Phi) is 6.82. The minimum absolute atomic E-state index is 0.0214. The molecule has 2 heterocycles. The van der Waals surface area contributed by atoms with Crippen molar-refractivity contribution < 1.29 is 27.5 Å². The van der Waals surface area contributed by atoms with E-state index in [1.54, 1.807) is 4.90 Å². The first-order chi connectivity index (χ1) is 14.6. The van der Waals surface area contributed by atoms with Gasteiger partial charge in [-0.1, -0.05) is 19.9 Å². The summed E-state index contributed by atoms with van der Waals surface area (Å²) in [5.74, 6) is -0.258. The van der Waals surface area contributed by atoms with Gasteiger partial charge >= 0.3 is 12.1 Å². The molecule has 0 radical (unpaired) electrons. The molecule has 3 rings (SSSR count). The molecule has 1 fully saturated rings. The summed E-state index contributed by atoms with van der Waals surface area (Å²) in [4.78, 5) is 30.7. The Balaban J connectivity index is 1.67. The van der Waals surface area contributed by atoms with E-state index in [1.165, 1.54) is 30.5 Å². The van der Waals surface area contributed by atoms with Crippen molar-refractivity contribution in [3.05, 3.63) is 53.7 Å². The molecule has 0 saturated carbocycles. The number of piperidine rings is 1. The average Bonchev–Trinajstić information content (AvgIpc) is 2.71. The van der Waals surface area contributed by atoms with Gasteiger partial charge in [0.1, 0.15) is 11.4 Å². The molecule has 2 unspecified atom stereocenters. The maximum Gasteiger partial charge on any atom is 0.416 e. The third-order valence-electron chi connectivity index (χ3n) is 5.03. The number of ether oxygens (including phenoxy) is 1. The van der Waals surface area contributed by atoms with Gasteiger partial charge in [0.05, 0.1) is 5.56 Å². The molecule has 0 spiro atoms. The van der Waals surface area contributed by atoms with Crippen LogP contribution in [0.1, 0.15) is 36.2 Å². The molecule has 1 aromatic heterocycles. The van der Waals surface area contributed by atoms with Gasteiger partial charge in [0.15, 0.2) is 6.61 Å². The number of nitrogens with zero attached hydrogens (tertiary/aromatic N) is 2. The van der Waals surface area contributed by atoms with Crippen LogP contribution >= 0.6 is 0 Å². The SMILES string of the molecule is CC1CC(C)CN(C(=O)COC(=O)c2cccnc2Nc2cccc(C(F)(F)F)c2)C1. The highest BCUT2D eigenvalue weighted by Gasteiger charge is 2.30. The third kappa shape index (κ3) is 5.96. The molecule has 2 atom stereocenters. The molecule has 9 heteroatoms. The lowest BCUT2D eigenvalue weighted by Crippen LogP contribution is -2.44. The van der Waals surface area contributed by atoms with Crippen molar-refractivity contribution >= 4 is 23.4 Å². The summed E-state index contributed by atoms with van der Waals surface area (Å²) in [6.07, 6.45) is -2.05. The number of hydrogen-bond acceptors (Lipinski definition) is 5. The molecule has 1 aromatic carbocycles. The number of anilines is 2. The molecule has 2 aromatic rings. The largest absolute Gasteiger partial charge is 0.452 e. The molecule has 1 N–H and O–H groups in total. The van der Waals surface area contributed by atoms with Gasteiger partial charge in [-0.25, -0.2) is 9.78 Å². The van der Waals surface area contributed by atoms with Crippen molar-refractivity contribution in [1.29, 1.82) is 0 Å². The Labute approximate surface area is 178 Å². The topological polar surface area (TPSA) is 71.5 Å². The predicted octanol–water partition coefficient (Wildman–Crippen LogP) is 4.51. The van der Waals surface area contributed by atoms with Gasteiger partial charge in [-0.05, 0) is 48.6 Å². The quantitative estimate of drug-likeness (QED) is 0.700. The Morgan fingerprint density at radius 3 is 2.55 bits per heavy atom. The van der Waals surface area contributed by atoms with Crippen LogP contribution in [0.5, 0.6) is 0 Å². The van der Waals surface area contributed by atoms with Gasteiger partial charge in [-0.2, -0.15) is 13.2 Å². The molecule has 1 saturated heterocycles. The fourth-order valence-electron chi connectivity index (χ4n) is 3.74. The number of aromatic nitrogens is 1. The van der Waals surface area contributed by atoms with Crippen molar-refractivity contribution in [3.63, 3.8) is 0 Å². The minimum Gasteiger partial charge on any atom is -0.452 e. The van der Waals surface area contributed by atoms with Gasteiger partial charge in [-0.3, -0.25) is 4.79 Å². The van der Waals surface area contributed by atoms with E-state index < -0.39 is 24.3 Å². The summed E-state index contributed by atoms with van der Waals surface area (Å²) in [5.41, 5.74) is -0.684. The van der Waals surface area contributed by atoms with Crippen molar-refractivity contribution in [1.82, 2.24) is 9.88 Å². The molecule has 1 aliphatic rings. The summed E-state index contributed by atoms with van der Waals surface area (Å²) in [6.45, 7) is 4.98. The molecule has 1 amide bonds. The van der Waals surface area contributed by atoms with E-state index in [1.807, 2.05) is 0 Å². The highest BCUT2D eigenvalue weighted by atomic mass is 19.4. The lowest BCUT2D eigenvalue weighted by molar-refractivity contribution is -0.138. The summed E-state index contributed by atoms with van der Waals surface area (Å²) in [5, 5.41) is 2.72. The lowest BCUT2D eigenvalue weighted by atomic mass is 9.92. The fraction of sp³-hybridized carbons (Fsp3) is 0.409. The summed E-state index contributed by atoms with van der Waals surface area (Å²) in [7, 11) is 0. The first kappa shape index (κ1) is 22.6. The van der Waals surface area contributed by atoms with Gasteiger partial charge in [-0.15, -0.1) is 0 Å². The monoisotopic (exact) mass is 435 g/mol. The van der Waals surface area contributed by atoms with Crippen molar-refractivity contribution in [3.8, 4) is 0 Å². The Hall–Kier alpha value is -3.10. The molecule has 31 heavy (non-hydrogen) atoms. The third-order valence-corrected chi connectivity index (χ3v) is 5.03. The highest BCUT2D eigenvalue weighted by Crippen LogP contribution is 2.31. The second-order valence-electron chi connectivity index (χ2n) is 7.92. The number of nitrogens with one attached hydrogen (secondary N) is 1. The van der Waals surface area contributed by atoms with E-state index in [9.17, 15) is 22.8 Å². The van der Waals surface area contributed by atoms with E-state index in [0.29, 0.717) is 24.9 Å². The van der Waals surface area contributed by atoms with Crippen molar-refractivity contribution in [2.24, 2.45) is 11.8 Å². The van der Waals surface area contributed by atoms with Crippen LogP contribution in [0.2, 0.25) is 0 Å². The van der Waals surface area contributed by atoms with Crippen LogP contribution in [0.4, 0.5) is 24.7 Å². The van der Waals surface area contributed by atoms with Gasteiger partial charge in [0, 0.05) is 25.0 Å². The van der Waals surface area contributed by atoms with Gasteiger partial charge in [0.2, 0.25) is 0 Å². The second-order valence-corrected chi connectivity index (χ2v) is 7.92. The number of hydrogen-bond donors (Lipinski definition) is 1. The van der Waals surface area contributed by atoms with Crippen LogP contribution in [0.3, 0.4) is 0 Å². The van der Waals surface area contributed by atoms with Crippen LogP contribution in [0, 0.1) is 11.8 Å². The molecule has 1 aliphatic heterocycles. The number of halogens is 3. The maximum atomic E-state index is 12.9. The fourth-order valence-corrected chi connectivity index (χ4v) is 3.74. The second kappa shape index (κ2) is 9.36. The zero-order valence-corrected chi connectivity index (χ0v) is 17.3. The number of likely N-dealkylation sites (tertiary alicyclic amines) is 1. The first-order valence-electron chi connectivity index (χ1n) is 9.97. The number of esters is 1. The average molecular weight is 435 g/mol. The van der Waals surface area contributed by atoms with E-state index in [0.717, 1.165) is 18.6 Å². The number of amides is 1. The Morgan fingerprint density at radius 2 is 1.87 bits per heavy atom. The van der Waals surface area contributed by atoms with Crippen LogP contribution in [-0.4, -0.2) is 41.5 Å². The molecule has 0 bridgehead atoms. The number of pyridine rings is 1. The summed E-state index contributed by atoms with van der Waals surface area (Å²) in [6, 6.07) is 7.50. The number of benzene rings is 1. The Bertz CT molecular complexity index is 939. The zero-order valence-electron chi connectivity index (χ0n) is 17.3. The Morgan fingerprint density at radius 1 is 1.16 bits per heavy atom. The van der Waals surface area contributed by atoms with E-state index in [-0.39, 0.29) is 23.0 Å². The van der Waals surface area contributed by atoms with Crippen LogP contribution in [0.15, 0.2) is 42.6 Å². The van der Waals surface area contributed by atoms with Gasteiger partial charge < -0.3 is 15.0 Å².